The molecule has 1 atom stereocenters. The van der Waals surface area contributed by atoms with Gasteiger partial charge >= 0.3 is 5.97 Å². The molecule has 1 unspecified atom stereocenters. The van der Waals surface area contributed by atoms with Crippen LogP contribution in [0.15, 0.2) is 64.9 Å². The van der Waals surface area contributed by atoms with E-state index < -0.39 is 40.4 Å². The summed E-state index contributed by atoms with van der Waals surface area (Å²) in [6.45, 7) is -0.624. The SMILES string of the molecule is CNS(=O)(=O)c1ccc(Cl)c(C(=O)OCC(=O)NC(c2ccc(F)cc2)c2cccs2)c1. The first-order chi connectivity index (χ1) is 15.2. The second-order valence-electron chi connectivity index (χ2n) is 6.49. The zero-order chi connectivity index (χ0) is 23.3. The Labute approximate surface area is 193 Å². The number of halogens is 2. The summed E-state index contributed by atoms with van der Waals surface area (Å²) in [5.74, 6) is -1.96. The quantitative estimate of drug-likeness (QED) is 0.465. The molecule has 0 saturated heterocycles. The van der Waals surface area contributed by atoms with Crippen molar-refractivity contribution in [2.24, 2.45) is 0 Å². The highest BCUT2D eigenvalue weighted by Crippen LogP contribution is 2.26. The molecule has 2 N–H and O–H groups in total. The first-order valence-corrected chi connectivity index (χ1v) is 11.9. The van der Waals surface area contributed by atoms with Gasteiger partial charge in [-0.05, 0) is 54.4 Å². The van der Waals surface area contributed by atoms with Crippen LogP contribution in [0.3, 0.4) is 0 Å². The number of ether oxygens (including phenoxy) is 1. The molecule has 2 aromatic carbocycles. The van der Waals surface area contributed by atoms with Gasteiger partial charge in [0.25, 0.3) is 5.91 Å². The van der Waals surface area contributed by atoms with E-state index in [0.717, 1.165) is 10.9 Å². The fourth-order valence-electron chi connectivity index (χ4n) is 2.79. The lowest BCUT2D eigenvalue weighted by molar-refractivity contribution is -0.124. The van der Waals surface area contributed by atoms with Gasteiger partial charge in [0.05, 0.1) is 21.5 Å². The minimum absolute atomic E-state index is 0.0202. The van der Waals surface area contributed by atoms with Crippen molar-refractivity contribution in [3.8, 4) is 0 Å². The molecule has 0 fully saturated rings. The van der Waals surface area contributed by atoms with Crippen molar-refractivity contribution in [1.82, 2.24) is 10.0 Å². The van der Waals surface area contributed by atoms with Crippen molar-refractivity contribution in [1.29, 1.82) is 0 Å². The summed E-state index contributed by atoms with van der Waals surface area (Å²) < 4.78 is 44.4. The summed E-state index contributed by atoms with van der Waals surface area (Å²) >= 11 is 7.40. The molecule has 0 aliphatic heterocycles. The zero-order valence-electron chi connectivity index (χ0n) is 16.7. The van der Waals surface area contributed by atoms with E-state index in [9.17, 15) is 22.4 Å². The molecule has 168 valence electrons. The van der Waals surface area contributed by atoms with Crippen molar-refractivity contribution in [2.45, 2.75) is 10.9 Å². The molecule has 3 aromatic rings. The largest absolute Gasteiger partial charge is 0.452 e. The fourth-order valence-corrected chi connectivity index (χ4v) is 4.54. The molecule has 1 amide bonds. The number of hydrogen-bond acceptors (Lipinski definition) is 6. The Balaban J connectivity index is 1.71. The van der Waals surface area contributed by atoms with E-state index in [1.165, 1.54) is 42.6 Å². The molecule has 0 spiro atoms. The molecule has 32 heavy (non-hydrogen) atoms. The first-order valence-electron chi connectivity index (χ1n) is 9.19. The van der Waals surface area contributed by atoms with Crippen LogP contribution >= 0.6 is 22.9 Å². The number of amides is 1. The molecule has 11 heteroatoms. The van der Waals surface area contributed by atoms with Crippen molar-refractivity contribution < 1.29 is 27.1 Å². The Hall–Kier alpha value is -2.79. The van der Waals surface area contributed by atoms with Gasteiger partial charge in [0.2, 0.25) is 10.0 Å². The molecule has 0 aliphatic carbocycles. The third-order valence-electron chi connectivity index (χ3n) is 4.41. The Morgan fingerprint density at radius 2 is 1.88 bits per heavy atom. The van der Waals surface area contributed by atoms with Crippen LogP contribution in [0.5, 0.6) is 0 Å². The van der Waals surface area contributed by atoms with Gasteiger partial charge in [0.1, 0.15) is 5.82 Å². The van der Waals surface area contributed by atoms with Gasteiger partial charge in [-0.3, -0.25) is 4.79 Å². The summed E-state index contributed by atoms with van der Waals surface area (Å²) in [5, 5.41) is 4.57. The summed E-state index contributed by atoms with van der Waals surface area (Å²) in [5.41, 5.74) is 0.464. The van der Waals surface area contributed by atoms with Crippen LogP contribution in [0.25, 0.3) is 0 Å². The molecule has 0 aliphatic rings. The molecular weight excluding hydrogens is 479 g/mol. The van der Waals surface area contributed by atoms with Gasteiger partial charge in [-0.15, -0.1) is 11.3 Å². The number of hydrogen-bond donors (Lipinski definition) is 2. The Morgan fingerprint density at radius 3 is 2.50 bits per heavy atom. The molecular formula is C21H18ClFN2O5S2. The number of thiophene rings is 1. The van der Waals surface area contributed by atoms with Crippen molar-refractivity contribution in [3.05, 3.63) is 86.8 Å². The van der Waals surface area contributed by atoms with E-state index in [1.54, 1.807) is 12.1 Å². The van der Waals surface area contributed by atoms with Crippen molar-refractivity contribution in [3.63, 3.8) is 0 Å². The van der Waals surface area contributed by atoms with E-state index >= 15 is 0 Å². The van der Waals surface area contributed by atoms with Gasteiger partial charge in [-0.1, -0.05) is 29.8 Å². The van der Waals surface area contributed by atoms with E-state index in [0.29, 0.717) is 5.56 Å². The monoisotopic (exact) mass is 496 g/mol. The van der Waals surface area contributed by atoms with Crippen LogP contribution in [-0.4, -0.2) is 33.9 Å². The normalized spacial score (nSPS) is 12.2. The molecule has 0 bridgehead atoms. The lowest BCUT2D eigenvalue weighted by atomic mass is 10.1. The number of carbonyl (C=O) groups excluding carboxylic acids is 2. The van der Waals surface area contributed by atoms with Crippen LogP contribution in [0, 0.1) is 5.82 Å². The predicted octanol–water partition coefficient (Wildman–Crippen LogP) is 3.51. The molecule has 0 saturated carbocycles. The molecule has 1 aromatic heterocycles. The average Bonchev–Trinajstić information content (AvgIpc) is 3.31. The first kappa shape index (κ1) is 23.9. The number of carbonyl (C=O) groups is 2. The second kappa shape index (κ2) is 10.2. The molecule has 7 nitrogen and oxygen atoms in total. The van der Waals surface area contributed by atoms with Crippen molar-refractivity contribution in [2.75, 3.05) is 13.7 Å². The molecule has 1 heterocycles. The number of rotatable bonds is 8. The maximum Gasteiger partial charge on any atom is 0.340 e. The maximum absolute atomic E-state index is 13.3. The highest BCUT2D eigenvalue weighted by Gasteiger charge is 2.21. The van der Waals surface area contributed by atoms with Gasteiger partial charge in [-0.25, -0.2) is 22.3 Å². The third kappa shape index (κ3) is 5.71. The summed E-state index contributed by atoms with van der Waals surface area (Å²) in [6.07, 6.45) is 0. The molecule has 0 radical (unpaired) electrons. The predicted molar refractivity (Wildman–Crippen MR) is 119 cm³/mol. The topological polar surface area (TPSA) is 102 Å². The smallest absolute Gasteiger partial charge is 0.340 e. The van der Waals surface area contributed by atoms with Crippen molar-refractivity contribution >= 4 is 44.8 Å². The van der Waals surface area contributed by atoms with Crippen LogP contribution in [0.1, 0.15) is 26.8 Å². The van der Waals surface area contributed by atoms with Crippen LogP contribution in [0.4, 0.5) is 4.39 Å². The zero-order valence-corrected chi connectivity index (χ0v) is 19.1. The Bertz CT molecular complexity index is 1220. The summed E-state index contributed by atoms with van der Waals surface area (Å²) in [7, 11) is -2.56. The van der Waals surface area contributed by atoms with E-state index in [2.05, 4.69) is 10.0 Å². The van der Waals surface area contributed by atoms with E-state index in [1.807, 2.05) is 17.5 Å². The minimum atomic E-state index is -3.80. The summed E-state index contributed by atoms with van der Waals surface area (Å²) in [4.78, 5) is 25.5. The third-order valence-corrected chi connectivity index (χ3v) is 7.09. The minimum Gasteiger partial charge on any atom is -0.452 e. The van der Waals surface area contributed by atoms with E-state index in [-0.39, 0.29) is 15.5 Å². The van der Waals surface area contributed by atoms with E-state index in [4.69, 9.17) is 16.3 Å². The van der Waals surface area contributed by atoms with Crippen LogP contribution < -0.4 is 10.0 Å². The summed E-state index contributed by atoms with van der Waals surface area (Å²) in [6, 6.07) is 12.3. The maximum atomic E-state index is 13.3. The molecule has 3 rings (SSSR count). The standard InChI is InChI=1S/C21H18ClFN2O5S2/c1-24-32(28,29)15-8-9-17(22)16(11-15)21(27)30-12-19(26)25-20(18-3-2-10-31-18)13-4-6-14(23)7-5-13/h2-11,20,24H,12H2,1H3,(H,25,26). The number of nitrogens with one attached hydrogen (secondary N) is 2. The Kier molecular flexibility index (Phi) is 7.62. The van der Waals surface area contributed by atoms with Gasteiger partial charge in [0, 0.05) is 4.88 Å². The van der Waals surface area contributed by atoms with Crippen LogP contribution in [-0.2, 0) is 19.6 Å². The Morgan fingerprint density at radius 1 is 1.16 bits per heavy atom. The van der Waals surface area contributed by atoms with Gasteiger partial charge in [0.15, 0.2) is 6.61 Å². The number of sulfonamides is 1. The van der Waals surface area contributed by atoms with Gasteiger partial charge in [-0.2, -0.15) is 0 Å². The number of esters is 1. The number of benzene rings is 2. The highest BCUT2D eigenvalue weighted by atomic mass is 35.5. The lowest BCUT2D eigenvalue weighted by Gasteiger charge is -2.18. The fraction of sp³-hybridized carbons (Fsp3) is 0.143. The second-order valence-corrected chi connectivity index (χ2v) is 9.77. The highest BCUT2D eigenvalue weighted by molar-refractivity contribution is 7.89. The average molecular weight is 497 g/mol. The van der Waals surface area contributed by atoms with Crippen LogP contribution in [0.2, 0.25) is 5.02 Å². The lowest BCUT2D eigenvalue weighted by Crippen LogP contribution is -2.32. The van der Waals surface area contributed by atoms with Gasteiger partial charge < -0.3 is 10.1 Å².